The number of carbonyl (C=O) groups excluding carboxylic acids is 1. The molecule has 0 N–H and O–H groups in total. The Bertz CT molecular complexity index is 206. The lowest BCUT2D eigenvalue weighted by atomic mass is 10.2. The van der Waals surface area contributed by atoms with Crippen LogP contribution in [0.4, 0.5) is 4.79 Å². The minimum absolute atomic E-state index is 0.00750. The average Bonchev–Trinajstić information content (AvgIpc) is 2.72. The van der Waals surface area contributed by atoms with Crippen molar-refractivity contribution in [3.63, 3.8) is 0 Å². The van der Waals surface area contributed by atoms with Crippen molar-refractivity contribution in [3.05, 3.63) is 0 Å². The van der Waals surface area contributed by atoms with Crippen LogP contribution < -0.4 is 0 Å². The summed E-state index contributed by atoms with van der Waals surface area (Å²) in [4.78, 5) is 13.1. The Morgan fingerprint density at radius 3 is 3.00 bits per heavy atom. The maximum Gasteiger partial charge on any atom is 0.410 e. The van der Waals surface area contributed by atoms with Gasteiger partial charge < -0.3 is 9.47 Å². The van der Waals surface area contributed by atoms with E-state index >= 15 is 0 Å². The lowest BCUT2D eigenvalue weighted by Crippen LogP contribution is -2.36. The molecule has 0 aromatic rings. The highest BCUT2D eigenvalue weighted by atomic mass is 79.9. The second-order valence-corrected chi connectivity index (χ2v) is 3.98. The van der Waals surface area contributed by atoms with Crippen LogP contribution in [-0.4, -0.2) is 48.2 Å². The number of cyclic esters (lactones) is 1. The van der Waals surface area contributed by atoms with Crippen LogP contribution in [0.15, 0.2) is 0 Å². The van der Waals surface area contributed by atoms with Gasteiger partial charge in [-0.05, 0) is 6.42 Å². The molecule has 5 heteroatoms. The van der Waals surface area contributed by atoms with E-state index in [1.54, 1.807) is 4.90 Å². The van der Waals surface area contributed by atoms with Crippen molar-refractivity contribution < 1.29 is 14.3 Å². The molecule has 2 rings (SSSR count). The van der Waals surface area contributed by atoms with E-state index in [1.165, 1.54) is 0 Å². The molecule has 2 unspecified atom stereocenters. The highest BCUT2D eigenvalue weighted by Crippen LogP contribution is 2.20. The van der Waals surface area contributed by atoms with E-state index in [2.05, 4.69) is 15.9 Å². The molecule has 2 atom stereocenters. The number of amides is 1. The normalized spacial score (nSPS) is 33.9. The van der Waals surface area contributed by atoms with Crippen LogP contribution in [-0.2, 0) is 9.47 Å². The van der Waals surface area contributed by atoms with Crippen LogP contribution in [0, 0.1) is 0 Å². The summed E-state index contributed by atoms with van der Waals surface area (Å²) < 4.78 is 10.3. The summed E-state index contributed by atoms with van der Waals surface area (Å²) in [5.41, 5.74) is 0. The summed E-state index contributed by atoms with van der Waals surface area (Å²) in [6.45, 7) is 2.11. The van der Waals surface area contributed by atoms with Gasteiger partial charge >= 0.3 is 6.09 Å². The second-order valence-electron chi connectivity index (χ2n) is 3.33. The Balaban J connectivity index is 1.95. The maximum atomic E-state index is 11.4. The fourth-order valence-corrected chi connectivity index (χ4v) is 2.02. The second kappa shape index (κ2) is 3.84. The molecule has 0 aromatic heterocycles. The fraction of sp³-hybridized carbons (Fsp3) is 0.875. The Hall–Kier alpha value is -0.290. The topological polar surface area (TPSA) is 38.8 Å². The number of carbonyl (C=O) groups is 1. The van der Waals surface area contributed by atoms with Gasteiger partial charge in [0.1, 0.15) is 6.10 Å². The highest BCUT2D eigenvalue weighted by Gasteiger charge is 2.36. The molecule has 74 valence electrons. The summed E-state index contributed by atoms with van der Waals surface area (Å²) in [5.74, 6) is 0. The predicted molar refractivity (Wildman–Crippen MR) is 50.0 cm³/mol. The third kappa shape index (κ3) is 1.81. The van der Waals surface area contributed by atoms with E-state index < -0.39 is 0 Å². The molecular formula is C8H12BrNO3. The van der Waals surface area contributed by atoms with Gasteiger partial charge in [0.05, 0.1) is 19.2 Å². The Morgan fingerprint density at radius 1 is 1.62 bits per heavy atom. The zero-order valence-electron chi connectivity index (χ0n) is 7.24. The SMILES string of the molecule is O=C1OC(CBr)CN1C1CCOC1. The molecule has 2 aliphatic heterocycles. The monoisotopic (exact) mass is 249 g/mol. The highest BCUT2D eigenvalue weighted by molar-refractivity contribution is 9.09. The quantitative estimate of drug-likeness (QED) is 0.686. The van der Waals surface area contributed by atoms with Crippen LogP contribution in [0.2, 0.25) is 0 Å². The molecule has 1 amide bonds. The molecule has 0 radical (unpaired) electrons. The number of rotatable bonds is 2. The number of halogens is 1. The Morgan fingerprint density at radius 2 is 2.46 bits per heavy atom. The number of ether oxygens (including phenoxy) is 2. The summed E-state index contributed by atoms with van der Waals surface area (Å²) >= 11 is 3.30. The molecule has 2 saturated heterocycles. The van der Waals surface area contributed by atoms with Crippen molar-refractivity contribution in [3.8, 4) is 0 Å². The average molecular weight is 250 g/mol. The van der Waals surface area contributed by atoms with Gasteiger partial charge in [0, 0.05) is 11.9 Å². The van der Waals surface area contributed by atoms with Gasteiger partial charge in [0.2, 0.25) is 0 Å². The smallest absolute Gasteiger partial charge is 0.410 e. The molecule has 0 aromatic carbocycles. The summed E-state index contributed by atoms with van der Waals surface area (Å²) in [6.07, 6.45) is 0.748. The molecule has 0 aliphatic carbocycles. The van der Waals surface area contributed by atoms with Gasteiger partial charge in [-0.15, -0.1) is 0 Å². The Kier molecular flexibility index (Phi) is 2.74. The van der Waals surface area contributed by atoms with Gasteiger partial charge in [-0.3, -0.25) is 4.90 Å². The molecule has 2 fully saturated rings. The lowest BCUT2D eigenvalue weighted by Gasteiger charge is -2.18. The van der Waals surface area contributed by atoms with Crippen molar-refractivity contribution in [2.24, 2.45) is 0 Å². The van der Waals surface area contributed by atoms with E-state index in [1.807, 2.05) is 0 Å². The first kappa shape index (κ1) is 9.27. The van der Waals surface area contributed by atoms with Crippen LogP contribution in [0.25, 0.3) is 0 Å². The first-order valence-electron chi connectivity index (χ1n) is 4.42. The first-order valence-corrected chi connectivity index (χ1v) is 5.54. The third-order valence-electron chi connectivity index (χ3n) is 2.42. The zero-order valence-corrected chi connectivity index (χ0v) is 8.83. The summed E-state index contributed by atoms with van der Waals surface area (Å²) in [6, 6.07) is 0.233. The van der Waals surface area contributed by atoms with Crippen LogP contribution in [0.3, 0.4) is 0 Å². The zero-order chi connectivity index (χ0) is 9.26. The van der Waals surface area contributed by atoms with Crippen molar-refractivity contribution >= 4 is 22.0 Å². The molecule has 0 bridgehead atoms. The summed E-state index contributed by atoms with van der Waals surface area (Å²) in [7, 11) is 0. The van der Waals surface area contributed by atoms with Crippen LogP contribution in [0.5, 0.6) is 0 Å². The van der Waals surface area contributed by atoms with Crippen molar-refractivity contribution in [1.29, 1.82) is 0 Å². The van der Waals surface area contributed by atoms with Crippen molar-refractivity contribution in [2.75, 3.05) is 25.1 Å². The van der Waals surface area contributed by atoms with Gasteiger partial charge in [-0.2, -0.15) is 0 Å². The van der Waals surface area contributed by atoms with E-state index in [4.69, 9.17) is 9.47 Å². The van der Waals surface area contributed by atoms with Gasteiger partial charge in [-0.25, -0.2) is 4.79 Å². The summed E-state index contributed by atoms with van der Waals surface area (Å²) in [5, 5.41) is 0.711. The van der Waals surface area contributed by atoms with Gasteiger partial charge in [0.15, 0.2) is 0 Å². The predicted octanol–water partition coefficient (Wildman–Crippen LogP) is 0.991. The fourth-order valence-electron chi connectivity index (χ4n) is 1.69. The molecular weight excluding hydrogens is 238 g/mol. The molecule has 2 aliphatic rings. The van der Waals surface area contributed by atoms with E-state index in [0.717, 1.165) is 13.0 Å². The molecule has 13 heavy (non-hydrogen) atoms. The molecule has 2 heterocycles. The van der Waals surface area contributed by atoms with Crippen molar-refractivity contribution in [1.82, 2.24) is 4.90 Å². The van der Waals surface area contributed by atoms with Crippen LogP contribution in [0.1, 0.15) is 6.42 Å². The number of hydrogen-bond acceptors (Lipinski definition) is 3. The molecule has 4 nitrogen and oxygen atoms in total. The third-order valence-corrected chi connectivity index (χ3v) is 3.14. The van der Waals surface area contributed by atoms with Gasteiger partial charge in [-0.1, -0.05) is 15.9 Å². The largest absolute Gasteiger partial charge is 0.443 e. The minimum Gasteiger partial charge on any atom is -0.443 e. The standard InChI is InChI=1S/C8H12BrNO3/c9-3-7-4-10(8(11)13-7)6-1-2-12-5-6/h6-7H,1-5H2. The Labute approximate surface area is 85.3 Å². The van der Waals surface area contributed by atoms with Crippen LogP contribution >= 0.6 is 15.9 Å². The minimum atomic E-state index is -0.194. The lowest BCUT2D eigenvalue weighted by molar-refractivity contribution is 0.127. The maximum absolute atomic E-state index is 11.4. The van der Waals surface area contributed by atoms with Crippen molar-refractivity contribution in [2.45, 2.75) is 18.6 Å². The van der Waals surface area contributed by atoms with E-state index in [9.17, 15) is 4.79 Å². The van der Waals surface area contributed by atoms with Gasteiger partial charge in [0.25, 0.3) is 0 Å². The number of hydrogen-bond donors (Lipinski definition) is 0. The van der Waals surface area contributed by atoms with E-state index in [0.29, 0.717) is 18.5 Å². The first-order chi connectivity index (χ1) is 6.31. The number of alkyl halides is 1. The molecule has 0 spiro atoms. The van der Waals surface area contributed by atoms with E-state index in [-0.39, 0.29) is 18.2 Å². The molecule has 0 saturated carbocycles. The number of nitrogens with zero attached hydrogens (tertiary/aromatic N) is 1.